The summed E-state index contributed by atoms with van der Waals surface area (Å²) in [6, 6.07) is 13.3. The van der Waals surface area contributed by atoms with E-state index in [1.54, 1.807) is 4.90 Å². The highest BCUT2D eigenvalue weighted by molar-refractivity contribution is 6.31. The molecule has 1 aliphatic rings. The van der Waals surface area contributed by atoms with Gasteiger partial charge in [-0.15, -0.1) is 0 Å². The number of likely N-dealkylation sites (tertiary alicyclic amines) is 1. The lowest BCUT2D eigenvalue weighted by atomic mass is 10.0. The van der Waals surface area contributed by atoms with E-state index >= 15 is 0 Å². The monoisotopic (exact) mass is 479 g/mol. The van der Waals surface area contributed by atoms with Gasteiger partial charge in [-0.05, 0) is 62.2 Å². The minimum absolute atomic E-state index is 0.108. The van der Waals surface area contributed by atoms with Crippen molar-refractivity contribution in [3.8, 4) is 11.5 Å². The molecule has 1 fully saturated rings. The molecule has 3 heterocycles. The highest BCUT2D eigenvalue weighted by Crippen LogP contribution is 2.31. The van der Waals surface area contributed by atoms with Crippen LogP contribution < -0.4 is 5.32 Å². The molecular weight excluding hydrogens is 454 g/mol. The first-order chi connectivity index (χ1) is 16.4. The van der Waals surface area contributed by atoms with E-state index in [0.717, 1.165) is 52.8 Å². The topological polar surface area (TPSA) is 92.4 Å². The summed E-state index contributed by atoms with van der Waals surface area (Å²) in [5.41, 5.74) is 4.31. The molecule has 2 amide bonds. The van der Waals surface area contributed by atoms with Crippen molar-refractivity contribution in [1.82, 2.24) is 24.3 Å². The minimum Gasteiger partial charge on any atom is -0.465 e. The van der Waals surface area contributed by atoms with Crippen molar-refractivity contribution < 1.29 is 14.7 Å². The molecule has 1 unspecified atom stereocenters. The van der Waals surface area contributed by atoms with Gasteiger partial charge in [-0.2, -0.15) is 0 Å². The maximum Gasteiger partial charge on any atom is 0.404 e. The zero-order chi connectivity index (χ0) is 24.0. The fourth-order valence-electron chi connectivity index (χ4n) is 4.97. The Morgan fingerprint density at radius 1 is 1.18 bits per heavy atom. The van der Waals surface area contributed by atoms with Gasteiger partial charge in [-0.3, -0.25) is 4.79 Å². The van der Waals surface area contributed by atoms with Crippen molar-refractivity contribution in [3.63, 3.8) is 0 Å². The molecule has 8 nitrogen and oxygen atoms in total. The maximum absolute atomic E-state index is 13.2. The lowest BCUT2D eigenvalue weighted by Gasteiger charge is -2.32. The standard InChI is InChI=1S/C25H26ClN5O3/c1-3-31-20-9-7-17(26)11-16(20)13-22(31)23-28-19-12-15(6-8-21(19)29(23)2)24(32)30-10-4-5-18(14-30)27-25(33)34/h6-9,11-13,18,27H,3-5,10,14H2,1-2H3,(H,33,34). The number of hydrogen-bond acceptors (Lipinski definition) is 3. The number of halogens is 1. The van der Waals surface area contributed by atoms with Crippen LogP contribution in [0.5, 0.6) is 0 Å². The van der Waals surface area contributed by atoms with Gasteiger partial charge in [0.15, 0.2) is 5.82 Å². The molecule has 1 aliphatic heterocycles. The summed E-state index contributed by atoms with van der Waals surface area (Å²) < 4.78 is 4.25. The zero-order valence-corrected chi connectivity index (χ0v) is 19.8. The molecular formula is C25H26ClN5O3. The van der Waals surface area contributed by atoms with Gasteiger partial charge in [0.1, 0.15) is 0 Å². The van der Waals surface area contributed by atoms with E-state index in [9.17, 15) is 9.59 Å². The number of aryl methyl sites for hydroxylation is 2. The lowest BCUT2D eigenvalue weighted by Crippen LogP contribution is -2.49. The molecule has 34 heavy (non-hydrogen) atoms. The molecule has 9 heteroatoms. The van der Waals surface area contributed by atoms with Gasteiger partial charge < -0.3 is 24.5 Å². The van der Waals surface area contributed by atoms with Gasteiger partial charge in [0.2, 0.25) is 0 Å². The molecule has 2 aromatic heterocycles. The number of nitrogens with one attached hydrogen (secondary N) is 1. The van der Waals surface area contributed by atoms with Crippen LogP contribution in [0.25, 0.3) is 33.5 Å². The van der Waals surface area contributed by atoms with Gasteiger partial charge in [0, 0.05) is 54.2 Å². The average molecular weight is 480 g/mol. The number of rotatable bonds is 4. The zero-order valence-electron chi connectivity index (χ0n) is 19.1. The molecule has 0 aliphatic carbocycles. The summed E-state index contributed by atoms with van der Waals surface area (Å²) in [7, 11) is 1.98. The predicted octanol–water partition coefficient (Wildman–Crippen LogP) is 4.74. The maximum atomic E-state index is 13.2. The average Bonchev–Trinajstić information content (AvgIpc) is 3.34. The van der Waals surface area contributed by atoms with Crippen LogP contribution in [0.15, 0.2) is 42.5 Å². The van der Waals surface area contributed by atoms with Crippen LogP contribution in [-0.4, -0.2) is 55.3 Å². The molecule has 0 spiro atoms. The largest absolute Gasteiger partial charge is 0.465 e. The molecule has 2 N–H and O–H groups in total. The van der Waals surface area contributed by atoms with Gasteiger partial charge in [-0.1, -0.05) is 11.6 Å². The third-order valence-electron chi connectivity index (χ3n) is 6.57. The van der Waals surface area contributed by atoms with E-state index in [4.69, 9.17) is 21.7 Å². The summed E-state index contributed by atoms with van der Waals surface area (Å²) in [5, 5.41) is 13.3. The highest BCUT2D eigenvalue weighted by Gasteiger charge is 2.26. The number of carbonyl (C=O) groups is 2. The molecule has 0 saturated carbocycles. The fraction of sp³-hybridized carbons (Fsp3) is 0.320. The lowest BCUT2D eigenvalue weighted by molar-refractivity contribution is 0.0692. The molecule has 4 aromatic rings. The number of piperidine rings is 1. The fourth-order valence-corrected chi connectivity index (χ4v) is 5.15. The van der Waals surface area contributed by atoms with Crippen molar-refractivity contribution in [3.05, 3.63) is 53.1 Å². The molecule has 176 valence electrons. The van der Waals surface area contributed by atoms with Gasteiger partial charge in [-0.25, -0.2) is 9.78 Å². The van der Waals surface area contributed by atoms with Crippen LogP contribution in [0.4, 0.5) is 4.79 Å². The Labute approximate surface area is 201 Å². The van der Waals surface area contributed by atoms with E-state index < -0.39 is 6.09 Å². The van der Waals surface area contributed by atoms with Crippen molar-refractivity contribution in [2.45, 2.75) is 32.4 Å². The van der Waals surface area contributed by atoms with Crippen molar-refractivity contribution >= 4 is 45.5 Å². The third kappa shape index (κ3) is 3.88. The summed E-state index contributed by atoms with van der Waals surface area (Å²) >= 11 is 6.21. The van der Waals surface area contributed by atoms with Crippen LogP contribution in [0, 0.1) is 0 Å². The second-order valence-corrected chi connectivity index (χ2v) is 9.15. The molecule has 2 aromatic carbocycles. The van der Waals surface area contributed by atoms with Crippen molar-refractivity contribution in [2.24, 2.45) is 7.05 Å². The first-order valence-electron chi connectivity index (χ1n) is 11.4. The third-order valence-corrected chi connectivity index (χ3v) is 6.81. The number of nitrogens with zero attached hydrogens (tertiary/aromatic N) is 4. The van der Waals surface area contributed by atoms with Gasteiger partial charge >= 0.3 is 6.09 Å². The first kappa shape index (κ1) is 22.3. The predicted molar refractivity (Wildman–Crippen MR) is 132 cm³/mol. The van der Waals surface area contributed by atoms with E-state index in [-0.39, 0.29) is 11.9 Å². The van der Waals surface area contributed by atoms with Crippen molar-refractivity contribution in [1.29, 1.82) is 0 Å². The first-order valence-corrected chi connectivity index (χ1v) is 11.8. The molecule has 5 rings (SSSR count). The van der Waals surface area contributed by atoms with E-state index in [1.807, 2.05) is 48.0 Å². The number of amides is 2. The number of aromatic nitrogens is 3. The molecule has 1 atom stereocenters. The number of carbonyl (C=O) groups excluding carboxylic acids is 1. The summed E-state index contributed by atoms with van der Waals surface area (Å²) in [6.07, 6.45) is 0.432. The normalized spacial score (nSPS) is 16.3. The molecule has 0 bridgehead atoms. The Hall–Kier alpha value is -3.52. The van der Waals surface area contributed by atoms with Gasteiger partial charge in [0.05, 0.1) is 16.7 Å². The van der Waals surface area contributed by atoms with Crippen LogP contribution >= 0.6 is 11.6 Å². The number of hydrogen-bond donors (Lipinski definition) is 2. The Bertz CT molecular complexity index is 1420. The van der Waals surface area contributed by atoms with Crippen LogP contribution in [0.1, 0.15) is 30.1 Å². The van der Waals surface area contributed by atoms with E-state index in [0.29, 0.717) is 23.7 Å². The number of fused-ring (bicyclic) bond motifs is 2. The van der Waals surface area contributed by atoms with Crippen molar-refractivity contribution in [2.75, 3.05) is 13.1 Å². The van der Waals surface area contributed by atoms with Crippen LogP contribution in [0.3, 0.4) is 0 Å². The highest BCUT2D eigenvalue weighted by atomic mass is 35.5. The summed E-state index contributed by atoms with van der Waals surface area (Å²) in [6.45, 7) is 3.87. The Kier molecular flexibility index (Phi) is 5.69. The van der Waals surface area contributed by atoms with E-state index in [1.165, 1.54) is 0 Å². The smallest absolute Gasteiger partial charge is 0.404 e. The Morgan fingerprint density at radius 3 is 2.74 bits per heavy atom. The molecule has 1 saturated heterocycles. The number of imidazole rings is 1. The van der Waals surface area contributed by atoms with E-state index in [2.05, 4.69) is 22.9 Å². The second-order valence-electron chi connectivity index (χ2n) is 8.71. The van der Waals surface area contributed by atoms with Gasteiger partial charge in [0.25, 0.3) is 5.91 Å². The SMILES string of the molecule is CCn1c(-c2nc3cc(C(=O)N4CCCC(NC(=O)O)C4)ccc3n2C)cc2cc(Cl)ccc21. The van der Waals surface area contributed by atoms with Crippen LogP contribution in [-0.2, 0) is 13.6 Å². The minimum atomic E-state index is -1.06. The van der Waals surface area contributed by atoms with Crippen LogP contribution in [0.2, 0.25) is 5.02 Å². The summed E-state index contributed by atoms with van der Waals surface area (Å²) in [4.78, 5) is 30.8. The number of benzene rings is 2. The number of carboxylic acid groups (broad SMARTS) is 1. The molecule has 0 radical (unpaired) electrons. The second kappa shape index (κ2) is 8.68. The Balaban J connectivity index is 1.50. The quantitative estimate of drug-likeness (QED) is 0.442. The Morgan fingerprint density at radius 2 is 1.97 bits per heavy atom. The summed E-state index contributed by atoms with van der Waals surface area (Å²) in [5.74, 6) is 0.709.